The van der Waals surface area contributed by atoms with Crippen LogP contribution in [-0.4, -0.2) is 37.4 Å². The van der Waals surface area contributed by atoms with Gasteiger partial charge in [0.2, 0.25) is 5.91 Å². The molecule has 1 amide bonds. The summed E-state index contributed by atoms with van der Waals surface area (Å²) >= 11 is 0. The molecule has 1 aliphatic heterocycles. The molecule has 21 heavy (non-hydrogen) atoms. The lowest BCUT2D eigenvalue weighted by molar-refractivity contribution is -0.129. The second-order valence-electron chi connectivity index (χ2n) is 6.89. The van der Waals surface area contributed by atoms with Gasteiger partial charge in [-0.05, 0) is 51.4 Å². The molecular weight excluding hydrogens is 266 g/mol. The highest BCUT2D eigenvalue weighted by atomic mass is 16.5. The Bertz CT molecular complexity index is 315. The number of rotatable bonds is 7. The third-order valence-corrected chi connectivity index (χ3v) is 4.69. The van der Waals surface area contributed by atoms with Crippen LogP contribution in [0.15, 0.2) is 0 Å². The van der Waals surface area contributed by atoms with Gasteiger partial charge in [0.25, 0.3) is 0 Å². The van der Waals surface area contributed by atoms with Crippen molar-refractivity contribution in [3.63, 3.8) is 0 Å². The zero-order valence-electron chi connectivity index (χ0n) is 13.6. The molecular formula is C17H31NO3. The van der Waals surface area contributed by atoms with Crippen LogP contribution in [-0.2, 0) is 14.3 Å². The fourth-order valence-corrected chi connectivity index (χ4v) is 3.42. The van der Waals surface area contributed by atoms with Crippen molar-refractivity contribution in [1.82, 2.24) is 5.32 Å². The first-order chi connectivity index (χ1) is 10.1. The van der Waals surface area contributed by atoms with E-state index in [9.17, 15) is 4.79 Å². The van der Waals surface area contributed by atoms with Crippen molar-refractivity contribution >= 4 is 5.91 Å². The Morgan fingerprint density at radius 1 is 1.33 bits per heavy atom. The lowest BCUT2D eigenvalue weighted by Crippen LogP contribution is -2.37. The van der Waals surface area contributed by atoms with E-state index in [1.165, 1.54) is 25.7 Å². The van der Waals surface area contributed by atoms with Gasteiger partial charge in [-0.25, -0.2) is 0 Å². The molecule has 122 valence electrons. The summed E-state index contributed by atoms with van der Waals surface area (Å²) in [5.74, 6) is 0.755. The van der Waals surface area contributed by atoms with Crippen LogP contribution in [0.4, 0.5) is 0 Å². The summed E-state index contributed by atoms with van der Waals surface area (Å²) in [4.78, 5) is 11.9. The van der Waals surface area contributed by atoms with Gasteiger partial charge in [-0.3, -0.25) is 4.79 Å². The molecule has 0 bridgehead atoms. The Labute approximate surface area is 129 Å². The van der Waals surface area contributed by atoms with E-state index < -0.39 is 0 Å². The first-order valence-corrected chi connectivity index (χ1v) is 8.66. The number of hydrogen-bond acceptors (Lipinski definition) is 3. The quantitative estimate of drug-likeness (QED) is 0.785. The summed E-state index contributed by atoms with van der Waals surface area (Å²) in [5.41, 5.74) is 0. The van der Waals surface area contributed by atoms with E-state index in [1.54, 1.807) is 0 Å². The maximum absolute atomic E-state index is 11.9. The van der Waals surface area contributed by atoms with Crippen LogP contribution in [0.25, 0.3) is 0 Å². The fourth-order valence-electron chi connectivity index (χ4n) is 3.42. The van der Waals surface area contributed by atoms with E-state index in [1.807, 2.05) is 0 Å². The maximum atomic E-state index is 11.9. The average molecular weight is 297 g/mol. The monoisotopic (exact) mass is 297 g/mol. The second-order valence-corrected chi connectivity index (χ2v) is 6.89. The predicted octanol–water partition coefficient (Wildman–Crippen LogP) is 3.05. The second kappa shape index (κ2) is 8.74. The molecule has 2 fully saturated rings. The molecule has 4 nitrogen and oxygen atoms in total. The molecule has 1 heterocycles. The molecule has 0 unspecified atom stereocenters. The van der Waals surface area contributed by atoms with Gasteiger partial charge in [0.1, 0.15) is 6.61 Å². The summed E-state index contributed by atoms with van der Waals surface area (Å²) in [6.07, 6.45) is 9.79. The van der Waals surface area contributed by atoms with Gasteiger partial charge in [-0.2, -0.15) is 0 Å². The molecule has 2 aliphatic rings. The zero-order chi connectivity index (χ0) is 15.1. The van der Waals surface area contributed by atoms with Crippen molar-refractivity contribution in [2.75, 3.05) is 13.2 Å². The third kappa shape index (κ3) is 6.35. The van der Waals surface area contributed by atoms with E-state index >= 15 is 0 Å². The molecule has 1 saturated heterocycles. The Hall–Kier alpha value is -0.610. The molecule has 4 atom stereocenters. The molecule has 1 saturated carbocycles. The predicted molar refractivity (Wildman–Crippen MR) is 83.2 cm³/mol. The van der Waals surface area contributed by atoms with Crippen molar-refractivity contribution in [2.45, 2.75) is 83.5 Å². The van der Waals surface area contributed by atoms with Gasteiger partial charge in [0.05, 0.1) is 12.2 Å². The Morgan fingerprint density at radius 2 is 2.19 bits per heavy atom. The van der Waals surface area contributed by atoms with E-state index in [2.05, 4.69) is 19.2 Å². The molecule has 0 aromatic heterocycles. The van der Waals surface area contributed by atoms with Crippen LogP contribution in [0.1, 0.15) is 65.2 Å². The summed E-state index contributed by atoms with van der Waals surface area (Å²) in [7, 11) is 0. The lowest BCUT2D eigenvalue weighted by Gasteiger charge is -2.26. The highest BCUT2D eigenvalue weighted by molar-refractivity contribution is 5.77. The number of hydrogen-bond donors (Lipinski definition) is 1. The summed E-state index contributed by atoms with van der Waals surface area (Å²) in [5, 5.41) is 3.04. The van der Waals surface area contributed by atoms with Crippen LogP contribution in [0.2, 0.25) is 0 Å². The van der Waals surface area contributed by atoms with E-state index in [0.29, 0.717) is 6.10 Å². The minimum atomic E-state index is 0.0214. The molecule has 2 rings (SSSR count). The molecule has 0 aromatic carbocycles. The lowest BCUT2D eigenvalue weighted by atomic mass is 9.89. The number of nitrogens with one attached hydrogen (secondary N) is 1. The van der Waals surface area contributed by atoms with Crippen molar-refractivity contribution in [3.05, 3.63) is 0 Å². The fraction of sp³-hybridized carbons (Fsp3) is 0.941. The molecule has 4 heteroatoms. The molecule has 1 N–H and O–H groups in total. The van der Waals surface area contributed by atoms with Gasteiger partial charge in [0, 0.05) is 12.6 Å². The standard InChI is InChI=1S/C17H31NO3/c1-13-5-3-6-16(11-13)21-12-17(19)18-14(2)8-9-15-7-4-10-20-15/h13-16H,3-12H2,1-2H3,(H,18,19)/t13-,14-,15+,16+/m1/s1. The summed E-state index contributed by atoms with van der Waals surface area (Å²) in [6, 6.07) is 0.204. The van der Waals surface area contributed by atoms with Crippen molar-refractivity contribution < 1.29 is 14.3 Å². The minimum Gasteiger partial charge on any atom is -0.378 e. The topological polar surface area (TPSA) is 47.6 Å². The minimum absolute atomic E-state index is 0.0214. The van der Waals surface area contributed by atoms with Crippen molar-refractivity contribution in [1.29, 1.82) is 0 Å². The Morgan fingerprint density at radius 3 is 2.90 bits per heavy atom. The zero-order valence-corrected chi connectivity index (χ0v) is 13.6. The number of carbonyl (C=O) groups excluding carboxylic acids is 1. The first kappa shape index (κ1) is 16.8. The highest BCUT2D eigenvalue weighted by Gasteiger charge is 2.21. The highest BCUT2D eigenvalue weighted by Crippen LogP contribution is 2.25. The van der Waals surface area contributed by atoms with Gasteiger partial charge in [0.15, 0.2) is 0 Å². The molecule has 0 aromatic rings. The van der Waals surface area contributed by atoms with Gasteiger partial charge in [-0.15, -0.1) is 0 Å². The Balaban J connectivity index is 1.55. The van der Waals surface area contributed by atoms with Crippen LogP contribution < -0.4 is 5.32 Å². The largest absolute Gasteiger partial charge is 0.378 e. The molecule has 0 spiro atoms. The van der Waals surface area contributed by atoms with E-state index in [4.69, 9.17) is 9.47 Å². The summed E-state index contributed by atoms with van der Waals surface area (Å²) in [6.45, 7) is 5.44. The number of ether oxygens (including phenoxy) is 2. The van der Waals surface area contributed by atoms with Crippen molar-refractivity contribution in [2.24, 2.45) is 5.92 Å². The Kier molecular flexibility index (Phi) is 6.97. The van der Waals surface area contributed by atoms with Gasteiger partial charge >= 0.3 is 0 Å². The van der Waals surface area contributed by atoms with E-state index in [0.717, 1.165) is 38.2 Å². The van der Waals surface area contributed by atoms with Gasteiger partial charge < -0.3 is 14.8 Å². The van der Waals surface area contributed by atoms with Crippen LogP contribution >= 0.6 is 0 Å². The molecule has 0 radical (unpaired) electrons. The summed E-state index contributed by atoms with van der Waals surface area (Å²) < 4.78 is 11.4. The van der Waals surface area contributed by atoms with Crippen LogP contribution in [0.3, 0.4) is 0 Å². The normalized spacial score (nSPS) is 31.0. The third-order valence-electron chi connectivity index (χ3n) is 4.69. The van der Waals surface area contributed by atoms with E-state index in [-0.39, 0.29) is 24.7 Å². The number of amides is 1. The maximum Gasteiger partial charge on any atom is 0.246 e. The van der Waals surface area contributed by atoms with Crippen molar-refractivity contribution in [3.8, 4) is 0 Å². The average Bonchev–Trinajstić information content (AvgIpc) is 2.96. The number of carbonyl (C=O) groups is 1. The first-order valence-electron chi connectivity index (χ1n) is 8.66. The SMILES string of the molecule is C[C@@H]1CCC[C@H](OCC(=O)N[C@H](C)CC[C@@H]2CCCO2)C1. The smallest absolute Gasteiger partial charge is 0.246 e. The van der Waals surface area contributed by atoms with Crippen LogP contribution in [0.5, 0.6) is 0 Å². The van der Waals surface area contributed by atoms with Gasteiger partial charge in [-0.1, -0.05) is 19.8 Å². The van der Waals surface area contributed by atoms with Crippen LogP contribution in [0, 0.1) is 5.92 Å². The molecule has 1 aliphatic carbocycles.